The molecule has 1 saturated heterocycles. The van der Waals surface area contributed by atoms with E-state index in [0.717, 1.165) is 26.2 Å². The molecule has 0 radical (unpaired) electrons. The van der Waals surface area contributed by atoms with Crippen LogP contribution in [0.4, 0.5) is 0 Å². The van der Waals surface area contributed by atoms with Gasteiger partial charge in [0, 0.05) is 32.3 Å². The summed E-state index contributed by atoms with van der Waals surface area (Å²) in [5, 5.41) is 6.76. The second kappa shape index (κ2) is 6.35. The van der Waals surface area contributed by atoms with E-state index in [1.54, 1.807) is 0 Å². The summed E-state index contributed by atoms with van der Waals surface area (Å²) >= 11 is 0. The van der Waals surface area contributed by atoms with Gasteiger partial charge in [-0.25, -0.2) is 0 Å². The maximum Gasteiger partial charge on any atom is 0.0700 e. The lowest BCUT2D eigenvalue weighted by molar-refractivity contribution is 0.110. The Morgan fingerprint density at radius 3 is 2.85 bits per heavy atom. The quantitative estimate of drug-likeness (QED) is 0.601. The van der Waals surface area contributed by atoms with Crippen molar-refractivity contribution in [1.82, 2.24) is 10.6 Å². The molecule has 1 fully saturated rings. The van der Waals surface area contributed by atoms with Gasteiger partial charge in [0.05, 0.1) is 6.10 Å². The van der Waals surface area contributed by atoms with Crippen LogP contribution in [0, 0.1) is 0 Å². The van der Waals surface area contributed by atoms with Gasteiger partial charge in [-0.15, -0.1) is 0 Å². The molecule has 3 heteroatoms. The first-order chi connectivity index (χ1) is 6.29. The molecule has 1 heterocycles. The number of nitrogens with one attached hydrogen (secondary N) is 2. The first kappa shape index (κ1) is 11.0. The van der Waals surface area contributed by atoms with E-state index in [9.17, 15) is 0 Å². The molecule has 13 heavy (non-hydrogen) atoms. The van der Waals surface area contributed by atoms with Crippen molar-refractivity contribution < 1.29 is 4.74 Å². The van der Waals surface area contributed by atoms with Gasteiger partial charge in [-0.3, -0.25) is 0 Å². The molecule has 0 saturated carbocycles. The minimum atomic E-state index is 0.471. The Morgan fingerprint density at radius 1 is 1.38 bits per heavy atom. The van der Waals surface area contributed by atoms with Gasteiger partial charge in [0.15, 0.2) is 0 Å². The molecule has 2 N–H and O–H groups in total. The van der Waals surface area contributed by atoms with E-state index in [4.69, 9.17) is 4.74 Å². The van der Waals surface area contributed by atoms with Crippen LogP contribution in [0.1, 0.15) is 26.7 Å². The Balaban J connectivity index is 1.83. The van der Waals surface area contributed by atoms with E-state index in [-0.39, 0.29) is 0 Å². The van der Waals surface area contributed by atoms with Crippen molar-refractivity contribution in [3.63, 3.8) is 0 Å². The minimum absolute atomic E-state index is 0.471. The molecule has 0 aliphatic carbocycles. The first-order valence-corrected chi connectivity index (χ1v) is 5.34. The van der Waals surface area contributed by atoms with Crippen LogP contribution in [-0.4, -0.2) is 38.4 Å². The molecule has 3 nitrogen and oxygen atoms in total. The van der Waals surface area contributed by atoms with Gasteiger partial charge in [0.25, 0.3) is 0 Å². The van der Waals surface area contributed by atoms with Crippen LogP contribution in [0.3, 0.4) is 0 Å². The predicted molar refractivity (Wildman–Crippen MR) is 55.0 cm³/mol. The summed E-state index contributed by atoms with van der Waals surface area (Å²) in [6.07, 6.45) is 2.93. The van der Waals surface area contributed by atoms with Crippen molar-refractivity contribution >= 4 is 0 Å². The zero-order valence-electron chi connectivity index (χ0n) is 8.81. The van der Waals surface area contributed by atoms with E-state index in [1.165, 1.54) is 12.8 Å². The van der Waals surface area contributed by atoms with Crippen molar-refractivity contribution in [3.8, 4) is 0 Å². The van der Waals surface area contributed by atoms with Crippen LogP contribution in [0.2, 0.25) is 0 Å². The van der Waals surface area contributed by atoms with Gasteiger partial charge in [-0.2, -0.15) is 0 Å². The Morgan fingerprint density at radius 2 is 2.23 bits per heavy atom. The van der Waals surface area contributed by atoms with E-state index >= 15 is 0 Å². The number of hydrogen-bond donors (Lipinski definition) is 2. The summed E-state index contributed by atoms with van der Waals surface area (Å²) in [7, 11) is 0. The zero-order valence-corrected chi connectivity index (χ0v) is 8.81. The van der Waals surface area contributed by atoms with Gasteiger partial charge in [-0.1, -0.05) is 13.8 Å². The third-order valence-electron chi connectivity index (χ3n) is 2.25. The molecule has 1 unspecified atom stereocenters. The summed E-state index contributed by atoms with van der Waals surface area (Å²) < 4.78 is 5.50. The number of rotatable bonds is 6. The highest BCUT2D eigenvalue weighted by atomic mass is 16.5. The van der Waals surface area contributed by atoms with Crippen LogP contribution in [-0.2, 0) is 4.74 Å². The molecule has 78 valence electrons. The SMILES string of the molecule is CC(C)NCCNCC1CCCO1. The van der Waals surface area contributed by atoms with E-state index in [0.29, 0.717) is 12.1 Å². The molecule has 1 aliphatic rings. The van der Waals surface area contributed by atoms with Crippen molar-refractivity contribution in [2.75, 3.05) is 26.2 Å². The summed E-state index contributed by atoms with van der Waals surface area (Å²) in [6, 6.07) is 0.588. The highest BCUT2D eigenvalue weighted by Crippen LogP contribution is 2.10. The summed E-state index contributed by atoms with van der Waals surface area (Å²) in [5.41, 5.74) is 0. The lowest BCUT2D eigenvalue weighted by Crippen LogP contribution is -2.35. The van der Waals surface area contributed by atoms with Crippen molar-refractivity contribution in [2.45, 2.75) is 38.8 Å². The van der Waals surface area contributed by atoms with Crippen LogP contribution in [0.15, 0.2) is 0 Å². The van der Waals surface area contributed by atoms with Gasteiger partial charge >= 0.3 is 0 Å². The van der Waals surface area contributed by atoms with Gasteiger partial charge in [0.1, 0.15) is 0 Å². The second-order valence-electron chi connectivity index (χ2n) is 3.95. The molecule has 0 aromatic heterocycles. The molecule has 0 amide bonds. The molecule has 0 aromatic carbocycles. The van der Waals surface area contributed by atoms with Crippen molar-refractivity contribution in [2.24, 2.45) is 0 Å². The molecule has 1 aliphatic heterocycles. The van der Waals surface area contributed by atoms with Gasteiger partial charge < -0.3 is 15.4 Å². The van der Waals surface area contributed by atoms with Gasteiger partial charge in [0.2, 0.25) is 0 Å². The fourth-order valence-corrected chi connectivity index (χ4v) is 1.52. The average molecular weight is 186 g/mol. The highest BCUT2D eigenvalue weighted by molar-refractivity contribution is 4.67. The first-order valence-electron chi connectivity index (χ1n) is 5.34. The lowest BCUT2D eigenvalue weighted by Gasteiger charge is -2.12. The predicted octanol–water partition coefficient (Wildman–Crippen LogP) is 0.753. The maximum absolute atomic E-state index is 5.50. The Labute approximate surface area is 81.2 Å². The molecule has 0 bridgehead atoms. The molecular formula is C10H22N2O. The summed E-state index contributed by atoms with van der Waals surface area (Å²) in [5.74, 6) is 0. The van der Waals surface area contributed by atoms with E-state index in [1.807, 2.05) is 0 Å². The Bertz CT molecular complexity index is 122. The largest absolute Gasteiger partial charge is 0.377 e. The third kappa shape index (κ3) is 5.24. The summed E-state index contributed by atoms with van der Waals surface area (Å²) in [6.45, 7) is 8.39. The van der Waals surface area contributed by atoms with Crippen LogP contribution < -0.4 is 10.6 Å². The molecule has 1 atom stereocenters. The Kier molecular flexibility index (Phi) is 5.35. The maximum atomic E-state index is 5.50. The minimum Gasteiger partial charge on any atom is -0.377 e. The fourth-order valence-electron chi connectivity index (χ4n) is 1.52. The molecule has 0 spiro atoms. The van der Waals surface area contributed by atoms with Crippen LogP contribution in [0.5, 0.6) is 0 Å². The third-order valence-corrected chi connectivity index (χ3v) is 2.25. The fraction of sp³-hybridized carbons (Fsp3) is 1.00. The number of hydrogen-bond acceptors (Lipinski definition) is 3. The molecule has 1 rings (SSSR count). The topological polar surface area (TPSA) is 33.3 Å². The zero-order chi connectivity index (χ0) is 9.52. The standard InChI is InChI=1S/C10H22N2O/c1-9(2)12-6-5-11-8-10-4-3-7-13-10/h9-12H,3-8H2,1-2H3. The second-order valence-corrected chi connectivity index (χ2v) is 3.95. The monoisotopic (exact) mass is 186 g/mol. The lowest BCUT2D eigenvalue weighted by atomic mass is 10.2. The van der Waals surface area contributed by atoms with Crippen LogP contribution >= 0.6 is 0 Å². The van der Waals surface area contributed by atoms with E-state index < -0.39 is 0 Å². The normalized spacial score (nSPS) is 22.8. The highest BCUT2D eigenvalue weighted by Gasteiger charge is 2.13. The van der Waals surface area contributed by atoms with Gasteiger partial charge in [-0.05, 0) is 12.8 Å². The Hall–Kier alpha value is -0.120. The smallest absolute Gasteiger partial charge is 0.0700 e. The molecular weight excluding hydrogens is 164 g/mol. The summed E-state index contributed by atoms with van der Waals surface area (Å²) in [4.78, 5) is 0. The van der Waals surface area contributed by atoms with Crippen LogP contribution in [0.25, 0.3) is 0 Å². The van der Waals surface area contributed by atoms with Crippen molar-refractivity contribution in [1.29, 1.82) is 0 Å². The van der Waals surface area contributed by atoms with Crippen molar-refractivity contribution in [3.05, 3.63) is 0 Å². The van der Waals surface area contributed by atoms with E-state index in [2.05, 4.69) is 24.5 Å². The average Bonchev–Trinajstić information content (AvgIpc) is 2.55. The molecule has 0 aromatic rings. The number of ether oxygens (including phenoxy) is 1.